The van der Waals surface area contributed by atoms with E-state index in [1.54, 1.807) is 0 Å². The highest BCUT2D eigenvalue weighted by molar-refractivity contribution is 5.74. The number of benzene rings is 1. The summed E-state index contributed by atoms with van der Waals surface area (Å²) in [5.41, 5.74) is 7.36. The zero-order valence-corrected chi connectivity index (χ0v) is 8.49. The minimum Gasteiger partial charge on any atom is -0.399 e. The van der Waals surface area contributed by atoms with E-state index in [0.717, 1.165) is 24.1 Å². The lowest BCUT2D eigenvalue weighted by Gasteiger charge is -2.06. The Kier molecular flexibility index (Phi) is 2.76. The summed E-state index contributed by atoms with van der Waals surface area (Å²) >= 11 is 0. The van der Waals surface area contributed by atoms with Crippen LogP contribution >= 0.6 is 0 Å². The van der Waals surface area contributed by atoms with Crippen molar-refractivity contribution in [2.45, 2.75) is 25.4 Å². The molecule has 80 valence electrons. The molecule has 2 amide bonds. The normalized spacial score (nSPS) is 14.7. The SMILES string of the molecule is Nc1cccc(CNC(=O)NC2CC2)c1. The molecule has 0 atom stereocenters. The number of carbonyl (C=O) groups is 1. The molecule has 0 aliphatic heterocycles. The van der Waals surface area contributed by atoms with Crippen molar-refractivity contribution in [3.05, 3.63) is 29.8 Å². The number of anilines is 1. The van der Waals surface area contributed by atoms with Crippen LogP contribution in [0.5, 0.6) is 0 Å². The van der Waals surface area contributed by atoms with Gasteiger partial charge in [0.2, 0.25) is 0 Å². The highest BCUT2D eigenvalue weighted by atomic mass is 16.2. The monoisotopic (exact) mass is 205 g/mol. The van der Waals surface area contributed by atoms with Crippen LogP contribution in [0, 0.1) is 0 Å². The van der Waals surface area contributed by atoms with E-state index in [1.165, 1.54) is 0 Å². The van der Waals surface area contributed by atoms with Gasteiger partial charge in [-0.25, -0.2) is 4.79 Å². The summed E-state index contributed by atoms with van der Waals surface area (Å²) in [5.74, 6) is 0. The maximum atomic E-state index is 11.3. The van der Waals surface area contributed by atoms with Crippen molar-refractivity contribution in [1.82, 2.24) is 10.6 Å². The van der Waals surface area contributed by atoms with Gasteiger partial charge in [0.15, 0.2) is 0 Å². The topological polar surface area (TPSA) is 67.1 Å². The van der Waals surface area contributed by atoms with Crippen LogP contribution in [0.25, 0.3) is 0 Å². The molecule has 4 heteroatoms. The molecule has 1 aliphatic carbocycles. The average molecular weight is 205 g/mol. The van der Waals surface area contributed by atoms with Crippen LogP contribution in [0.3, 0.4) is 0 Å². The van der Waals surface area contributed by atoms with Crippen LogP contribution in [0.4, 0.5) is 10.5 Å². The predicted octanol–water partition coefficient (Wildman–Crippen LogP) is 1.23. The van der Waals surface area contributed by atoms with Crippen molar-refractivity contribution in [2.75, 3.05) is 5.73 Å². The summed E-state index contributed by atoms with van der Waals surface area (Å²) in [7, 11) is 0. The molecule has 4 nitrogen and oxygen atoms in total. The first kappa shape index (κ1) is 9.83. The van der Waals surface area contributed by atoms with Crippen molar-refractivity contribution in [1.29, 1.82) is 0 Å². The van der Waals surface area contributed by atoms with Gasteiger partial charge in [-0.15, -0.1) is 0 Å². The molecule has 1 saturated carbocycles. The molecule has 0 aromatic heterocycles. The second-order valence-electron chi connectivity index (χ2n) is 3.85. The van der Waals surface area contributed by atoms with Gasteiger partial charge in [0, 0.05) is 18.3 Å². The van der Waals surface area contributed by atoms with Crippen LogP contribution in [-0.4, -0.2) is 12.1 Å². The second-order valence-corrected chi connectivity index (χ2v) is 3.85. The molecule has 0 saturated heterocycles. The van der Waals surface area contributed by atoms with E-state index in [0.29, 0.717) is 12.6 Å². The lowest BCUT2D eigenvalue weighted by molar-refractivity contribution is 0.240. The minimum atomic E-state index is -0.0973. The minimum absolute atomic E-state index is 0.0973. The zero-order valence-electron chi connectivity index (χ0n) is 8.49. The molecular formula is C11H15N3O. The Morgan fingerprint density at radius 1 is 1.47 bits per heavy atom. The van der Waals surface area contributed by atoms with Crippen molar-refractivity contribution >= 4 is 11.7 Å². The number of rotatable bonds is 3. The molecule has 4 N–H and O–H groups in total. The molecule has 0 heterocycles. The molecule has 0 bridgehead atoms. The fourth-order valence-electron chi connectivity index (χ4n) is 1.35. The number of carbonyl (C=O) groups excluding carboxylic acids is 1. The summed E-state index contributed by atoms with van der Waals surface area (Å²) in [5, 5.41) is 5.65. The zero-order chi connectivity index (χ0) is 10.7. The summed E-state index contributed by atoms with van der Waals surface area (Å²) in [4.78, 5) is 11.3. The van der Waals surface area contributed by atoms with Crippen LogP contribution in [0.1, 0.15) is 18.4 Å². The molecule has 2 rings (SSSR count). The molecule has 0 spiro atoms. The van der Waals surface area contributed by atoms with Crippen LogP contribution < -0.4 is 16.4 Å². The summed E-state index contributed by atoms with van der Waals surface area (Å²) in [6.45, 7) is 0.517. The number of hydrogen-bond donors (Lipinski definition) is 3. The number of urea groups is 1. The summed E-state index contributed by atoms with van der Waals surface area (Å²) < 4.78 is 0. The molecule has 15 heavy (non-hydrogen) atoms. The maximum Gasteiger partial charge on any atom is 0.315 e. The number of nitrogens with one attached hydrogen (secondary N) is 2. The van der Waals surface area contributed by atoms with E-state index >= 15 is 0 Å². The van der Waals surface area contributed by atoms with E-state index in [4.69, 9.17) is 5.73 Å². The Bertz CT molecular complexity index is 361. The predicted molar refractivity (Wildman–Crippen MR) is 59.2 cm³/mol. The first-order chi connectivity index (χ1) is 7.24. The van der Waals surface area contributed by atoms with Crippen molar-refractivity contribution in [3.8, 4) is 0 Å². The largest absolute Gasteiger partial charge is 0.399 e. The molecular weight excluding hydrogens is 190 g/mol. The molecule has 0 radical (unpaired) electrons. The third kappa shape index (κ3) is 3.16. The van der Waals surface area contributed by atoms with E-state index < -0.39 is 0 Å². The third-order valence-electron chi connectivity index (χ3n) is 2.32. The molecule has 1 aromatic rings. The quantitative estimate of drug-likeness (QED) is 0.650. The first-order valence-corrected chi connectivity index (χ1v) is 5.13. The Morgan fingerprint density at radius 2 is 2.27 bits per heavy atom. The molecule has 0 unspecified atom stereocenters. The number of hydrogen-bond acceptors (Lipinski definition) is 2. The Balaban J connectivity index is 1.78. The van der Waals surface area contributed by atoms with Gasteiger partial charge in [0.1, 0.15) is 0 Å². The van der Waals surface area contributed by atoms with Gasteiger partial charge in [0.25, 0.3) is 0 Å². The standard InChI is InChI=1S/C11H15N3O/c12-9-3-1-2-8(6-9)7-13-11(15)14-10-4-5-10/h1-3,6,10H,4-5,7,12H2,(H2,13,14,15). The Labute approximate surface area is 88.9 Å². The van der Waals surface area contributed by atoms with Gasteiger partial charge in [-0.2, -0.15) is 0 Å². The summed E-state index contributed by atoms with van der Waals surface area (Å²) in [6.07, 6.45) is 2.21. The molecule has 1 aromatic carbocycles. The van der Waals surface area contributed by atoms with E-state index in [9.17, 15) is 4.79 Å². The summed E-state index contributed by atoms with van der Waals surface area (Å²) in [6, 6.07) is 7.80. The molecule has 1 fully saturated rings. The number of nitrogens with two attached hydrogens (primary N) is 1. The van der Waals surface area contributed by atoms with Crippen molar-refractivity contribution in [3.63, 3.8) is 0 Å². The number of amides is 2. The maximum absolute atomic E-state index is 11.3. The van der Waals surface area contributed by atoms with E-state index in [-0.39, 0.29) is 6.03 Å². The average Bonchev–Trinajstić information content (AvgIpc) is 2.99. The van der Waals surface area contributed by atoms with Gasteiger partial charge in [-0.05, 0) is 30.5 Å². The van der Waals surface area contributed by atoms with Gasteiger partial charge >= 0.3 is 6.03 Å². The van der Waals surface area contributed by atoms with E-state index in [1.807, 2.05) is 24.3 Å². The Morgan fingerprint density at radius 3 is 2.93 bits per heavy atom. The Hall–Kier alpha value is -1.71. The van der Waals surface area contributed by atoms with Crippen LogP contribution in [0.15, 0.2) is 24.3 Å². The lowest BCUT2D eigenvalue weighted by atomic mass is 10.2. The van der Waals surface area contributed by atoms with Gasteiger partial charge in [-0.1, -0.05) is 12.1 Å². The van der Waals surface area contributed by atoms with Gasteiger partial charge in [-0.3, -0.25) is 0 Å². The number of nitrogen functional groups attached to an aromatic ring is 1. The van der Waals surface area contributed by atoms with Crippen molar-refractivity contribution in [2.24, 2.45) is 0 Å². The smallest absolute Gasteiger partial charge is 0.315 e. The fourth-order valence-corrected chi connectivity index (χ4v) is 1.35. The second kappa shape index (κ2) is 4.21. The van der Waals surface area contributed by atoms with Gasteiger partial charge < -0.3 is 16.4 Å². The first-order valence-electron chi connectivity index (χ1n) is 5.13. The highest BCUT2D eigenvalue weighted by Gasteiger charge is 2.22. The van der Waals surface area contributed by atoms with Crippen LogP contribution in [-0.2, 0) is 6.54 Å². The van der Waals surface area contributed by atoms with Crippen LogP contribution in [0.2, 0.25) is 0 Å². The molecule has 1 aliphatic rings. The highest BCUT2D eigenvalue weighted by Crippen LogP contribution is 2.18. The van der Waals surface area contributed by atoms with Crippen molar-refractivity contribution < 1.29 is 4.79 Å². The third-order valence-corrected chi connectivity index (χ3v) is 2.32. The van der Waals surface area contributed by atoms with E-state index in [2.05, 4.69) is 10.6 Å². The van der Waals surface area contributed by atoms with Gasteiger partial charge in [0.05, 0.1) is 0 Å². The lowest BCUT2D eigenvalue weighted by Crippen LogP contribution is -2.36. The fraction of sp³-hybridized carbons (Fsp3) is 0.364.